The van der Waals surface area contributed by atoms with Crippen LogP contribution in [0.2, 0.25) is 0 Å². The van der Waals surface area contributed by atoms with Gasteiger partial charge in [-0.05, 0) is 62.4 Å². The lowest BCUT2D eigenvalue weighted by Gasteiger charge is -2.25. The van der Waals surface area contributed by atoms with Gasteiger partial charge in [0, 0.05) is 60.0 Å². The first-order chi connectivity index (χ1) is 16.4. The molecule has 1 unspecified atom stereocenters. The fourth-order valence-electron chi connectivity index (χ4n) is 4.37. The highest BCUT2D eigenvalue weighted by atomic mass is 19.1. The van der Waals surface area contributed by atoms with Gasteiger partial charge in [-0.15, -0.1) is 0 Å². The number of nitrogens with zero attached hydrogens (tertiary/aromatic N) is 3. The minimum Gasteiger partial charge on any atom is -0.482 e. The van der Waals surface area contributed by atoms with Crippen LogP contribution in [0.5, 0.6) is 5.75 Å². The fraction of sp³-hybridized carbons (Fsp3) is 0.346. The topological polar surface area (TPSA) is 112 Å². The number of halogens is 1. The van der Waals surface area contributed by atoms with Crippen molar-refractivity contribution in [3.63, 3.8) is 0 Å². The highest BCUT2D eigenvalue weighted by molar-refractivity contribution is 5.73. The van der Waals surface area contributed by atoms with Crippen molar-refractivity contribution in [2.75, 3.05) is 12.3 Å². The van der Waals surface area contributed by atoms with E-state index in [0.29, 0.717) is 29.3 Å². The molecule has 5 rings (SSSR count). The maximum Gasteiger partial charge on any atom is 0.166 e. The molecule has 34 heavy (non-hydrogen) atoms. The number of pyridine rings is 1. The van der Waals surface area contributed by atoms with E-state index in [1.165, 1.54) is 25.0 Å². The zero-order valence-electron chi connectivity index (χ0n) is 19.4. The molecule has 3 heterocycles. The number of aromatic nitrogens is 3. The molecule has 2 aromatic heterocycles. The average Bonchev–Trinajstić information content (AvgIpc) is 3.64. The molecule has 1 saturated carbocycles. The molecular formula is C26H29FN6O. The molecule has 176 valence electrons. The van der Waals surface area contributed by atoms with E-state index in [1.54, 1.807) is 24.7 Å². The Hall–Kier alpha value is -3.52. The third kappa shape index (κ3) is 4.46. The summed E-state index contributed by atoms with van der Waals surface area (Å²) in [6, 6.07) is 6.26. The molecule has 8 heteroatoms. The summed E-state index contributed by atoms with van der Waals surface area (Å²) in [7, 11) is 0. The fourth-order valence-corrected chi connectivity index (χ4v) is 4.37. The molecule has 1 aliphatic carbocycles. The van der Waals surface area contributed by atoms with Crippen molar-refractivity contribution in [2.24, 2.45) is 11.7 Å². The van der Waals surface area contributed by atoms with Gasteiger partial charge in [0.1, 0.15) is 11.9 Å². The first-order valence-corrected chi connectivity index (χ1v) is 11.7. The summed E-state index contributed by atoms with van der Waals surface area (Å²) in [5, 5.41) is 3.63. The van der Waals surface area contributed by atoms with Crippen LogP contribution in [0.4, 0.5) is 10.2 Å². The number of anilines is 1. The molecule has 2 bridgehead atoms. The molecule has 7 nitrogen and oxygen atoms in total. The number of nitrogens with one attached hydrogen (secondary N) is 1. The molecule has 0 saturated heterocycles. The molecule has 0 amide bonds. The molecule has 1 aliphatic heterocycles. The quantitative estimate of drug-likeness (QED) is 0.539. The van der Waals surface area contributed by atoms with Gasteiger partial charge in [0.05, 0.1) is 11.4 Å². The predicted molar refractivity (Wildman–Crippen MR) is 130 cm³/mol. The van der Waals surface area contributed by atoms with E-state index < -0.39 is 6.10 Å². The highest BCUT2D eigenvalue weighted by Gasteiger charge is 2.26. The van der Waals surface area contributed by atoms with Gasteiger partial charge in [-0.25, -0.2) is 9.37 Å². The first kappa shape index (κ1) is 22.3. The van der Waals surface area contributed by atoms with Crippen LogP contribution < -0.4 is 21.5 Å². The molecule has 2 aliphatic rings. The Balaban J connectivity index is 1.75. The zero-order chi connectivity index (χ0) is 23.8. The largest absolute Gasteiger partial charge is 0.482 e. The normalized spacial score (nSPS) is 20.8. The lowest BCUT2D eigenvalue weighted by Crippen LogP contribution is -2.27. The molecule has 0 spiro atoms. The maximum atomic E-state index is 14.3. The van der Waals surface area contributed by atoms with Crippen molar-refractivity contribution in [3.8, 4) is 17.0 Å². The van der Waals surface area contributed by atoms with E-state index in [1.807, 2.05) is 19.9 Å². The Morgan fingerprint density at radius 2 is 1.97 bits per heavy atom. The van der Waals surface area contributed by atoms with Gasteiger partial charge >= 0.3 is 0 Å². The molecule has 5 N–H and O–H groups in total. The third-order valence-corrected chi connectivity index (χ3v) is 6.45. The second-order valence-electron chi connectivity index (χ2n) is 9.14. The Bertz CT molecular complexity index is 1250. The van der Waals surface area contributed by atoms with Crippen molar-refractivity contribution in [2.45, 2.75) is 45.3 Å². The van der Waals surface area contributed by atoms with Gasteiger partial charge in [0.25, 0.3) is 0 Å². The summed E-state index contributed by atoms with van der Waals surface area (Å²) >= 11 is 0. The minimum atomic E-state index is -0.501. The summed E-state index contributed by atoms with van der Waals surface area (Å²) in [6.45, 7) is 4.68. The Labute approximate surface area is 198 Å². The van der Waals surface area contributed by atoms with E-state index in [0.717, 1.165) is 34.6 Å². The SMILES string of the molecule is CC(N)/C1=C(\NCC2CC2)c2cnc(N)c(c2)O[C@H](C)c2cc(F)ccc2-c2nccnc2C1. The molecular weight excluding hydrogens is 431 g/mol. The number of fused-ring (bicyclic) bond motifs is 5. The van der Waals surface area contributed by atoms with E-state index in [9.17, 15) is 4.39 Å². The zero-order valence-corrected chi connectivity index (χ0v) is 19.4. The van der Waals surface area contributed by atoms with Gasteiger partial charge in [0.2, 0.25) is 0 Å². The van der Waals surface area contributed by atoms with Gasteiger partial charge < -0.3 is 21.5 Å². The van der Waals surface area contributed by atoms with Crippen LogP contribution in [0.25, 0.3) is 17.0 Å². The number of nitrogen functional groups attached to an aromatic ring is 1. The number of nitrogens with two attached hydrogens (primary N) is 2. The lowest BCUT2D eigenvalue weighted by molar-refractivity contribution is 0.227. The minimum absolute atomic E-state index is 0.256. The lowest BCUT2D eigenvalue weighted by atomic mass is 9.93. The number of hydrogen-bond acceptors (Lipinski definition) is 7. The summed E-state index contributed by atoms with van der Waals surface area (Å²) in [4.78, 5) is 13.7. The van der Waals surface area contributed by atoms with Crippen LogP contribution in [0.3, 0.4) is 0 Å². The molecule has 1 aromatic carbocycles. The number of ether oxygens (including phenoxy) is 1. The number of rotatable bonds is 4. The second kappa shape index (κ2) is 9.02. The van der Waals surface area contributed by atoms with Crippen LogP contribution in [0, 0.1) is 11.7 Å². The first-order valence-electron chi connectivity index (χ1n) is 11.7. The summed E-state index contributed by atoms with van der Waals surface area (Å²) < 4.78 is 20.6. The summed E-state index contributed by atoms with van der Waals surface area (Å²) in [6.07, 6.45) is 7.49. The van der Waals surface area contributed by atoms with Crippen molar-refractivity contribution >= 4 is 11.5 Å². The second-order valence-corrected chi connectivity index (χ2v) is 9.14. The highest BCUT2D eigenvalue weighted by Crippen LogP contribution is 2.37. The molecule has 2 atom stereocenters. The summed E-state index contributed by atoms with van der Waals surface area (Å²) in [5.41, 5.74) is 18.3. The van der Waals surface area contributed by atoms with Crippen LogP contribution in [-0.2, 0) is 6.42 Å². The average molecular weight is 461 g/mol. The van der Waals surface area contributed by atoms with Gasteiger partial charge in [-0.3, -0.25) is 9.97 Å². The smallest absolute Gasteiger partial charge is 0.166 e. The van der Waals surface area contributed by atoms with E-state index in [-0.39, 0.29) is 17.7 Å². The molecule has 0 radical (unpaired) electrons. The van der Waals surface area contributed by atoms with Crippen molar-refractivity contribution in [1.82, 2.24) is 20.3 Å². The van der Waals surface area contributed by atoms with Crippen LogP contribution in [0.15, 0.2) is 48.4 Å². The summed E-state index contributed by atoms with van der Waals surface area (Å²) in [5.74, 6) is 1.02. The van der Waals surface area contributed by atoms with Gasteiger partial charge in [-0.2, -0.15) is 0 Å². The van der Waals surface area contributed by atoms with Crippen LogP contribution in [0.1, 0.15) is 49.6 Å². The molecule has 1 fully saturated rings. The van der Waals surface area contributed by atoms with E-state index >= 15 is 0 Å². The van der Waals surface area contributed by atoms with Gasteiger partial charge in [0.15, 0.2) is 11.6 Å². The van der Waals surface area contributed by atoms with Gasteiger partial charge in [-0.1, -0.05) is 0 Å². The molecule has 3 aromatic rings. The monoisotopic (exact) mass is 460 g/mol. The standard InChI is InChI=1S/C26H29FN6O/c1-14(28)20-11-22-25(31-8-7-30-22)19-6-5-18(27)10-21(19)15(2)34-23-9-17(13-33-26(23)29)24(20)32-12-16-3-4-16/h5-10,13-16,32H,3-4,11-12,28H2,1-2H3,(H2,29,33)/b24-20-/t14?,15-/m1/s1. The van der Waals surface area contributed by atoms with E-state index in [4.69, 9.17) is 16.2 Å². The number of hydrogen-bond donors (Lipinski definition) is 3. The Kier molecular flexibility index (Phi) is 5.91. The van der Waals surface area contributed by atoms with Crippen molar-refractivity contribution in [1.29, 1.82) is 0 Å². The predicted octanol–water partition coefficient (Wildman–Crippen LogP) is 4.01. The Morgan fingerprint density at radius 3 is 2.74 bits per heavy atom. The van der Waals surface area contributed by atoms with Crippen molar-refractivity contribution in [3.05, 3.63) is 71.1 Å². The van der Waals surface area contributed by atoms with Crippen molar-refractivity contribution < 1.29 is 9.13 Å². The van der Waals surface area contributed by atoms with E-state index in [2.05, 4.69) is 20.3 Å². The Morgan fingerprint density at radius 1 is 1.18 bits per heavy atom. The van der Waals surface area contributed by atoms with Crippen LogP contribution in [-0.4, -0.2) is 27.5 Å². The maximum absolute atomic E-state index is 14.3. The van der Waals surface area contributed by atoms with Crippen LogP contribution >= 0.6 is 0 Å². The third-order valence-electron chi connectivity index (χ3n) is 6.45. The number of benzene rings is 1.